The Balaban J connectivity index is 1.43. The Kier molecular flexibility index (Phi) is 5.14. The van der Waals surface area contributed by atoms with Gasteiger partial charge in [0.2, 0.25) is 5.91 Å². The first kappa shape index (κ1) is 15.4. The van der Waals surface area contributed by atoms with Crippen LogP contribution in [0.1, 0.15) is 24.3 Å². The fraction of sp³-hybridized carbons (Fsp3) is 0.316. The van der Waals surface area contributed by atoms with Crippen molar-refractivity contribution in [3.05, 3.63) is 60.2 Å². The van der Waals surface area contributed by atoms with Crippen molar-refractivity contribution >= 4 is 5.91 Å². The van der Waals surface area contributed by atoms with Gasteiger partial charge in [0.25, 0.3) is 0 Å². The lowest BCUT2D eigenvalue weighted by Crippen LogP contribution is -2.31. The number of fused-ring (bicyclic) bond motifs is 1. The van der Waals surface area contributed by atoms with Crippen molar-refractivity contribution in [2.45, 2.75) is 18.8 Å². The van der Waals surface area contributed by atoms with Crippen LogP contribution in [0.3, 0.4) is 0 Å². The molecule has 1 aliphatic rings. The second kappa shape index (κ2) is 7.68. The molecule has 0 aliphatic carbocycles. The van der Waals surface area contributed by atoms with Crippen LogP contribution in [0.5, 0.6) is 11.5 Å². The van der Waals surface area contributed by atoms with Gasteiger partial charge in [0.05, 0.1) is 19.6 Å². The van der Waals surface area contributed by atoms with Crippen molar-refractivity contribution in [3.63, 3.8) is 0 Å². The minimum atomic E-state index is 0.0184. The van der Waals surface area contributed by atoms with Crippen LogP contribution >= 0.6 is 0 Å². The van der Waals surface area contributed by atoms with Gasteiger partial charge in [-0.25, -0.2) is 0 Å². The largest absolute Gasteiger partial charge is 0.493 e. The quantitative estimate of drug-likeness (QED) is 0.891. The summed E-state index contributed by atoms with van der Waals surface area (Å²) in [7, 11) is 0. The van der Waals surface area contributed by atoms with Crippen LogP contribution in [0.15, 0.2) is 54.6 Å². The molecule has 0 fully saturated rings. The molecule has 0 aromatic heterocycles. The minimum absolute atomic E-state index is 0.0184. The van der Waals surface area contributed by atoms with Gasteiger partial charge in [-0.05, 0) is 30.2 Å². The normalized spacial score (nSPS) is 16.1. The molecule has 1 unspecified atom stereocenters. The Labute approximate surface area is 136 Å². The van der Waals surface area contributed by atoms with E-state index in [4.69, 9.17) is 9.47 Å². The van der Waals surface area contributed by atoms with Crippen LogP contribution < -0.4 is 14.8 Å². The maximum Gasteiger partial charge on any atom is 0.223 e. The smallest absolute Gasteiger partial charge is 0.223 e. The van der Waals surface area contributed by atoms with Gasteiger partial charge in [-0.15, -0.1) is 0 Å². The average molecular weight is 311 g/mol. The highest BCUT2D eigenvalue weighted by atomic mass is 16.5. The second-order valence-electron chi connectivity index (χ2n) is 5.59. The monoisotopic (exact) mass is 311 g/mol. The highest BCUT2D eigenvalue weighted by Crippen LogP contribution is 2.32. The number of carbonyl (C=O) groups is 1. The summed E-state index contributed by atoms with van der Waals surface area (Å²) in [5, 5.41) is 3.01. The van der Waals surface area contributed by atoms with Crippen LogP contribution in [0.25, 0.3) is 0 Å². The number of hydrogen-bond donors (Lipinski definition) is 1. The van der Waals surface area contributed by atoms with Gasteiger partial charge in [0, 0.05) is 12.5 Å². The van der Waals surface area contributed by atoms with E-state index in [1.54, 1.807) is 0 Å². The van der Waals surface area contributed by atoms with E-state index in [0.29, 0.717) is 32.1 Å². The molecule has 0 radical (unpaired) electrons. The Bertz CT molecular complexity index is 642. The van der Waals surface area contributed by atoms with E-state index in [0.717, 1.165) is 17.9 Å². The standard InChI is InChI=1S/C19H21NO3/c21-19(11-13-22-16-6-2-1-3-7-16)20-14-15-10-12-23-18-9-5-4-8-17(15)18/h1-9,15H,10-14H2,(H,20,21). The fourth-order valence-electron chi connectivity index (χ4n) is 2.73. The number of ether oxygens (including phenoxy) is 2. The number of para-hydroxylation sites is 2. The van der Waals surface area contributed by atoms with Crippen LogP contribution in [-0.2, 0) is 4.79 Å². The van der Waals surface area contributed by atoms with E-state index in [-0.39, 0.29) is 5.91 Å². The van der Waals surface area contributed by atoms with Gasteiger partial charge in [-0.2, -0.15) is 0 Å². The van der Waals surface area contributed by atoms with Crippen molar-refractivity contribution in [2.75, 3.05) is 19.8 Å². The van der Waals surface area contributed by atoms with Crippen LogP contribution in [0.2, 0.25) is 0 Å². The molecule has 4 heteroatoms. The lowest BCUT2D eigenvalue weighted by molar-refractivity contribution is -0.121. The zero-order chi connectivity index (χ0) is 15.9. The van der Waals surface area contributed by atoms with Crippen molar-refractivity contribution in [1.29, 1.82) is 0 Å². The predicted octanol–water partition coefficient (Wildman–Crippen LogP) is 3.14. The third-order valence-corrected chi connectivity index (χ3v) is 3.97. The summed E-state index contributed by atoms with van der Waals surface area (Å²) in [6.07, 6.45) is 1.29. The van der Waals surface area contributed by atoms with Crippen molar-refractivity contribution in [3.8, 4) is 11.5 Å². The molecule has 1 N–H and O–H groups in total. The zero-order valence-corrected chi connectivity index (χ0v) is 13.0. The van der Waals surface area contributed by atoms with Crippen LogP contribution in [0, 0.1) is 0 Å². The minimum Gasteiger partial charge on any atom is -0.493 e. The molecule has 0 saturated heterocycles. The molecule has 1 amide bonds. The molecule has 0 saturated carbocycles. The number of rotatable bonds is 6. The Morgan fingerprint density at radius 2 is 1.91 bits per heavy atom. The average Bonchev–Trinajstić information content (AvgIpc) is 2.61. The lowest BCUT2D eigenvalue weighted by atomic mass is 9.93. The molecule has 3 rings (SSSR count). The van der Waals surface area contributed by atoms with Gasteiger partial charge in [0.15, 0.2) is 0 Å². The Morgan fingerprint density at radius 3 is 2.78 bits per heavy atom. The van der Waals surface area contributed by atoms with Crippen molar-refractivity contribution in [1.82, 2.24) is 5.32 Å². The zero-order valence-electron chi connectivity index (χ0n) is 13.0. The van der Waals surface area contributed by atoms with E-state index in [1.807, 2.05) is 48.5 Å². The molecule has 23 heavy (non-hydrogen) atoms. The topological polar surface area (TPSA) is 47.6 Å². The van der Waals surface area contributed by atoms with E-state index >= 15 is 0 Å². The molecule has 1 aliphatic heterocycles. The molecule has 2 aromatic carbocycles. The number of nitrogens with one attached hydrogen (secondary N) is 1. The summed E-state index contributed by atoms with van der Waals surface area (Å²) in [4.78, 5) is 12.0. The van der Waals surface area contributed by atoms with E-state index in [1.165, 1.54) is 5.56 Å². The lowest BCUT2D eigenvalue weighted by Gasteiger charge is -2.26. The Morgan fingerprint density at radius 1 is 1.13 bits per heavy atom. The molecular formula is C19H21NO3. The van der Waals surface area contributed by atoms with E-state index in [2.05, 4.69) is 11.4 Å². The van der Waals surface area contributed by atoms with Gasteiger partial charge in [0.1, 0.15) is 11.5 Å². The summed E-state index contributed by atoms with van der Waals surface area (Å²) in [6, 6.07) is 17.6. The number of amides is 1. The third-order valence-electron chi connectivity index (χ3n) is 3.97. The number of carbonyl (C=O) groups excluding carboxylic acids is 1. The summed E-state index contributed by atoms with van der Waals surface area (Å²) >= 11 is 0. The highest BCUT2D eigenvalue weighted by Gasteiger charge is 2.21. The second-order valence-corrected chi connectivity index (χ2v) is 5.59. The van der Waals surface area contributed by atoms with Crippen molar-refractivity contribution < 1.29 is 14.3 Å². The molecule has 1 heterocycles. The van der Waals surface area contributed by atoms with Gasteiger partial charge in [-0.1, -0.05) is 36.4 Å². The first-order chi connectivity index (χ1) is 11.3. The predicted molar refractivity (Wildman–Crippen MR) is 88.9 cm³/mol. The summed E-state index contributed by atoms with van der Waals surface area (Å²) in [6.45, 7) is 1.74. The maximum absolute atomic E-state index is 12.0. The molecule has 120 valence electrons. The fourth-order valence-corrected chi connectivity index (χ4v) is 2.73. The molecule has 0 bridgehead atoms. The Hall–Kier alpha value is -2.49. The molecule has 1 atom stereocenters. The maximum atomic E-state index is 12.0. The highest BCUT2D eigenvalue weighted by molar-refractivity contribution is 5.76. The first-order valence-corrected chi connectivity index (χ1v) is 7.99. The molecule has 0 spiro atoms. The van der Waals surface area contributed by atoms with Gasteiger partial charge in [-0.3, -0.25) is 4.79 Å². The van der Waals surface area contributed by atoms with Crippen molar-refractivity contribution in [2.24, 2.45) is 0 Å². The molecule has 2 aromatic rings. The van der Waals surface area contributed by atoms with E-state index < -0.39 is 0 Å². The van der Waals surface area contributed by atoms with Crippen LogP contribution in [0.4, 0.5) is 0 Å². The molecule has 4 nitrogen and oxygen atoms in total. The van der Waals surface area contributed by atoms with Gasteiger partial charge < -0.3 is 14.8 Å². The summed E-state index contributed by atoms with van der Waals surface area (Å²) < 4.78 is 11.2. The molecular weight excluding hydrogens is 290 g/mol. The third kappa shape index (κ3) is 4.25. The van der Waals surface area contributed by atoms with Crippen LogP contribution in [-0.4, -0.2) is 25.7 Å². The number of hydrogen-bond acceptors (Lipinski definition) is 3. The number of benzene rings is 2. The van der Waals surface area contributed by atoms with Gasteiger partial charge >= 0.3 is 0 Å². The SMILES string of the molecule is O=C(CCOc1ccccc1)NCC1CCOc2ccccc21. The summed E-state index contributed by atoms with van der Waals surface area (Å²) in [5.74, 6) is 2.06. The summed E-state index contributed by atoms with van der Waals surface area (Å²) in [5.41, 5.74) is 1.18. The van der Waals surface area contributed by atoms with E-state index in [9.17, 15) is 4.79 Å². The first-order valence-electron chi connectivity index (χ1n) is 7.99.